The van der Waals surface area contributed by atoms with E-state index in [9.17, 15) is 0 Å². The number of hydrogen-bond acceptors (Lipinski definition) is 3. The van der Waals surface area contributed by atoms with Crippen LogP contribution in [0.3, 0.4) is 0 Å². The van der Waals surface area contributed by atoms with Crippen molar-refractivity contribution < 1.29 is 9.47 Å². The van der Waals surface area contributed by atoms with Gasteiger partial charge in [-0.25, -0.2) is 0 Å². The first-order chi connectivity index (χ1) is 8.78. The topological polar surface area (TPSA) is 30.5 Å². The van der Waals surface area contributed by atoms with E-state index in [0.29, 0.717) is 0 Å². The van der Waals surface area contributed by atoms with E-state index in [1.165, 1.54) is 0 Å². The van der Waals surface area contributed by atoms with Crippen molar-refractivity contribution >= 4 is 5.69 Å². The largest absolute Gasteiger partial charge is 0.497 e. The van der Waals surface area contributed by atoms with Gasteiger partial charge in [-0.15, -0.1) is 0 Å². The molecule has 0 amide bonds. The van der Waals surface area contributed by atoms with Crippen molar-refractivity contribution in [2.75, 3.05) is 26.6 Å². The standard InChI is InChI=1S/C15H17NO2/c1-16-12-7-8-15(18-3)14(10-12)11-5-4-6-13(9-11)17-2/h4-10,16H,1-3H3. The Morgan fingerprint density at radius 2 is 1.78 bits per heavy atom. The van der Waals surface area contributed by atoms with Crippen molar-refractivity contribution in [2.24, 2.45) is 0 Å². The molecule has 0 saturated heterocycles. The molecule has 0 radical (unpaired) electrons. The molecule has 0 heterocycles. The zero-order valence-electron chi connectivity index (χ0n) is 10.9. The van der Waals surface area contributed by atoms with E-state index >= 15 is 0 Å². The molecule has 0 fully saturated rings. The first kappa shape index (κ1) is 12.3. The Balaban J connectivity index is 2.53. The number of nitrogens with one attached hydrogen (secondary N) is 1. The third-order valence-corrected chi connectivity index (χ3v) is 2.87. The van der Waals surface area contributed by atoms with Crippen molar-refractivity contribution in [2.45, 2.75) is 0 Å². The van der Waals surface area contributed by atoms with Gasteiger partial charge in [0.25, 0.3) is 0 Å². The van der Waals surface area contributed by atoms with Gasteiger partial charge in [0.05, 0.1) is 14.2 Å². The maximum absolute atomic E-state index is 5.40. The Morgan fingerprint density at radius 3 is 2.44 bits per heavy atom. The zero-order valence-corrected chi connectivity index (χ0v) is 10.9. The lowest BCUT2D eigenvalue weighted by Crippen LogP contribution is -1.92. The molecule has 0 aromatic heterocycles. The highest BCUT2D eigenvalue weighted by molar-refractivity contribution is 5.75. The first-order valence-electron chi connectivity index (χ1n) is 5.78. The quantitative estimate of drug-likeness (QED) is 0.892. The molecule has 3 heteroatoms. The maximum atomic E-state index is 5.40. The van der Waals surface area contributed by atoms with E-state index < -0.39 is 0 Å². The van der Waals surface area contributed by atoms with E-state index in [0.717, 1.165) is 28.3 Å². The number of benzene rings is 2. The van der Waals surface area contributed by atoms with Gasteiger partial charge in [-0.05, 0) is 35.9 Å². The third kappa shape index (κ3) is 2.40. The summed E-state index contributed by atoms with van der Waals surface area (Å²) in [5.41, 5.74) is 3.17. The fourth-order valence-electron chi connectivity index (χ4n) is 1.88. The molecule has 0 aliphatic heterocycles. The van der Waals surface area contributed by atoms with Crippen molar-refractivity contribution in [3.8, 4) is 22.6 Å². The highest BCUT2D eigenvalue weighted by Crippen LogP contribution is 2.33. The summed E-state index contributed by atoms with van der Waals surface area (Å²) in [6.07, 6.45) is 0. The van der Waals surface area contributed by atoms with Gasteiger partial charge < -0.3 is 14.8 Å². The van der Waals surface area contributed by atoms with Crippen LogP contribution in [0.15, 0.2) is 42.5 Å². The van der Waals surface area contributed by atoms with Crippen LogP contribution >= 0.6 is 0 Å². The molecule has 2 rings (SSSR count). The number of ether oxygens (including phenoxy) is 2. The lowest BCUT2D eigenvalue weighted by atomic mass is 10.0. The minimum Gasteiger partial charge on any atom is -0.497 e. The van der Waals surface area contributed by atoms with Crippen molar-refractivity contribution in [3.05, 3.63) is 42.5 Å². The summed E-state index contributed by atoms with van der Waals surface area (Å²) in [7, 11) is 5.25. The van der Waals surface area contributed by atoms with Gasteiger partial charge in [-0.1, -0.05) is 12.1 Å². The lowest BCUT2D eigenvalue weighted by molar-refractivity contribution is 0.413. The first-order valence-corrected chi connectivity index (χ1v) is 5.78. The third-order valence-electron chi connectivity index (χ3n) is 2.87. The second-order valence-electron chi connectivity index (χ2n) is 3.90. The van der Waals surface area contributed by atoms with Crippen LogP contribution in [0.1, 0.15) is 0 Å². The molecular weight excluding hydrogens is 226 g/mol. The molecule has 0 bridgehead atoms. The molecule has 18 heavy (non-hydrogen) atoms. The Kier molecular flexibility index (Phi) is 3.72. The Morgan fingerprint density at radius 1 is 0.944 bits per heavy atom. The minimum absolute atomic E-state index is 0.837. The SMILES string of the molecule is CNc1ccc(OC)c(-c2cccc(OC)c2)c1. The minimum atomic E-state index is 0.837. The highest BCUT2D eigenvalue weighted by Gasteiger charge is 2.07. The van der Waals surface area contributed by atoms with Gasteiger partial charge in [0, 0.05) is 18.3 Å². The summed E-state index contributed by atoms with van der Waals surface area (Å²) in [6, 6.07) is 13.9. The van der Waals surface area contributed by atoms with E-state index in [-0.39, 0.29) is 0 Å². The number of anilines is 1. The summed E-state index contributed by atoms with van der Waals surface area (Å²) >= 11 is 0. The van der Waals surface area contributed by atoms with Gasteiger partial charge in [-0.2, -0.15) is 0 Å². The van der Waals surface area contributed by atoms with Gasteiger partial charge in [0.2, 0.25) is 0 Å². The van der Waals surface area contributed by atoms with Gasteiger partial charge in [-0.3, -0.25) is 0 Å². The molecule has 0 unspecified atom stereocenters. The van der Waals surface area contributed by atoms with E-state index in [2.05, 4.69) is 11.4 Å². The Labute approximate surface area is 107 Å². The van der Waals surface area contributed by atoms with Crippen LogP contribution in [0.25, 0.3) is 11.1 Å². The summed E-state index contributed by atoms with van der Waals surface area (Å²) < 4.78 is 10.7. The van der Waals surface area contributed by atoms with Crippen LogP contribution in [0.5, 0.6) is 11.5 Å². The number of rotatable bonds is 4. The lowest BCUT2D eigenvalue weighted by Gasteiger charge is -2.11. The van der Waals surface area contributed by atoms with Crippen LogP contribution in [-0.2, 0) is 0 Å². The van der Waals surface area contributed by atoms with E-state index in [4.69, 9.17) is 9.47 Å². The smallest absolute Gasteiger partial charge is 0.126 e. The molecule has 2 aromatic carbocycles. The zero-order chi connectivity index (χ0) is 13.0. The van der Waals surface area contributed by atoms with Crippen LogP contribution in [0, 0.1) is 0 Å². The molecule has 0 aliphatic carbocycles. The Bertz CT molecular complexity index is 538. The predicted molar refractivity (Wildman–Crippen MR) is 74.5 cm³/mol. The molecule has 0 aliphatic rings. The summed E-state index contributed by atoms with van der Waals surface area (Å²) in [6.45, 7) is 0. The molecule has 1 N–H and O–H groups in total. The summed E-state index contributed by atoms with van der Waals surface area (Å²) in [5, 5.41) is 3.13. The average Bonchev–Trinajstić information content (AvgIpc) is 2.46. The second-order valence-corrected chi connectivity index (χ2v) is 3.90. The van der Waals surface area contributed by atoms with Crippen LogP contribution < -0.4 is 14.8 Å². The predicted octanol–water partition coefficient (Wildman–Crippen LogP) is 3.41. The molecule has 0 saturated carbocycles. The molecule has 3 nitrogen and oxygen atoms in total. The fraction of sp³-hybridized carbons (Fsp3) is 0.200. The number of methoxy groups -OCH3 is 2. The van der Waals surface area contributed by atoms with Crippen LogP contribution in [0.4, 0.5) is 5.69 Å². The molecule has 94 valence electrons. The summed E-state index contributed by atoms with van der Waals surface area (Å²) in [4.78, 5) is 0. The van der Waals surface area contributed by atoms with Crippen LogP contribution in [-0.4, -0.2) is 21.3 Å². The fourth-order valence-corrected chi connectivity index (χ4v) is 1.88. The van der Waals surface area contributed by atoms with E-state index in [1.807, 2.05) is 43.4 Å². The Hall–Kier alpha value is -2.16. The molecule has 2 aromatic rings. The molecule has 0 atom stereocenters. The number of hydrogen-bond donors (Lipinski definition) is 1. The van der Waals surface area contributed by atoms with Gasteiger partial charge >= 0.3 is 0 Å². The second kappa shape index (κ2) is 5.45. The van der Waals surface area contributed by atoms with E-state index in [1.54, 1.807) is 14.2 Å². The average molecular weight is 243 g/mol. The van der Waals surface area contributed by atoms with Crippen molar-refractivity contribution in [1.29, 1.82) is 0 Å². The molecular formula is C15H17NO2. The van der Waals surface area contributed by atoms with Gasteiger partial charge in [0.1, 0.15) is 11.5 Å². The normalized spacial score (nSPS) is 9.94. The van der Waals surface area contributed by atoms with Crippen LogP contribution in [0.2, 0.25) is 0 Å². The highest BCUT2D eigenvalue weighted by atomic mass is 16.5. The molecule has 0 spiro atoms. The van der Waals surface area contributed by atoms with Crippen molar-refractivity contribution in [3.63, 3.8) is 0 Å². The van der Waals surface area contributed by atoms with Gasteiger partial charge in [0.15, 0.2) is 0 Å². The van der Waals surface area contributed by atoms with Crippen molar-refractivity contribution in [1.82, 2.24) is 0 Å². The maximum Gasteiger partial charge on any atom is 0.126 e. The monoisotopic (exact) mass is 243 g/mol. The summed E-state index contributed by atoms with van der Waals surface area (Å²) in [5.74, 6) is 1.69.